The van der Waals surface area contributed by atoms with E-state index in [-0.39, 0.29) is 36.7 Å². The number of ether oxygens (including phenoxy) is 9. The van der Waals surface area contributed by atoms with Crippen LogP contribution in [0.1, 0.15) is 136 Å². The number of methoxy groups -OCH3 is 3. The summed E-state index contributed by atoms with van der Waals surface area (Å²) in [6.45, 7) is 17.7. The fourth-order valence-corrected chi connectivity index (χ4v) is 15.6. The second-order valence-corrected chi connectivity index (χ2v) is 26.5. The summed E-state index contributed by atoms with van der Waals surface area (Å²) >= 11 is 0. The van der Waals surface area contributed by atoms with Gasteiger partial charge in [0, 0.05) is 77.8 Å². The lowest BCUT2D eigenvalue weighted by atomic mass is 9.72. The standard InChI is InChI=1S/C57H91FN6O16S/c1-16-43-57(10)49(63(12)54(68)80-57)33(4)45(60-69)31(2)26-56(9,74-15)51(34(5)47(35(6)52(67)77-43)78-44-27-55(8,73-14)50(66)36(7)76-44)79-53-46(65)41(25-32(3)75-53)62(11)23-21-40-29-64(61-59-40)42(28-58)48(72-13)38-19-17-37(18-20-38)39-22-24-81(70,71)30-39/h17-20,29,31-36,39,41-44,46-51,53,65-66,69H,16,21-28,30H2,1-15H3/b60-45+/t31-,32-,33+,34+,35-,36+,39?,41+,42-,43-,44+,46-,47?,48-,49-,50+,51?,53+,55-,56-,57-/m1/s1. The summed E-state index contributed by atoms with van der Waals surface area (Å²) in [6, 6.07) is 5.33. The van der Waals surface area contributed by atoms with Crippen LogP contribution in [0.2, 0.25) is 0 Å². The first-order valence-corrected chi connectivity index (χ1v) is 30.4. The first-order valence-electron chi connectivity index (χ1n) is 28.6. The number of carbonyl (C=O) groups is 2. The zero-order valence-corrected chi connectivity index (χ0v) is 50.8. The number of aliphatic hydroxyl groups excluding tert-OH is 2. The van der Waals surface area contributed by atoms with Crippen molar-refractivity contribution in [2.45, 2.75) is 210 Å². The number of halogens is 1. The van der Waals surface area contributed by atoms with Crippen molar-refractivity contribution in [1.29, 1.82) is 0 Å². The molecule has 0 radical (unpaired) electrons. The van der Waals surface area contributed by atoms with Gasteiger partial charge in [0.25, 0.3) is 0 Å². The molecule has 0 aliphatic carbocycles. The van der Waals surface area contributed by atoms with E-state index in [2.05, 4.69) is 15.5 Å². The number of rotatable bonds is 17. The van der Waals surface area contributed by atoms with Gasteiger partial charge < -0.3 is 67.9 Å². The highest BCUT2D eigenvalue weighted by Gasteiger charge is 2.60. The Morgan fingerprint density at radius 3 is 2.23 bits per heavy atom. The van der Waals surface area contributed by atoms with Gasteiger partial charge in [0.15, 0.2) is 28.0 Å². The summed E-state index contributed by atoms with van der Waals surface area (Å²) in [4.78, 5) is 31.9. The molecular formula is C57H91FN6O16S. The van der Waals surface area contributed by atoms with Crippen molar-refractivity contribution >= 4 is 27.6 Å². The molecule has 6 heterocycles. The number of alkyl halides is 1. The number of fused-ring (bicyclic) bond motifs is 1. The van der Waals surface area contributed by atoms with Crippen LogP contribution in [-0.2, 0) is 63.7 Å². The molecule has 0 saturated carbocycles. The Labute approximate surface area is 477 Å². The predicted octanol–water partition coefficient (Wildman–Crippen LogP) is 5.80. The maximum Gasteiger partial charge on any atom is 0.410 e. The Kier molecular flexibility index (Phi) is 20.8. The van der Waals surface area contributed by atoms with Crippen LogP contribution in [0.3, 0.4) is 0 Å². The van der Waals surface area contributed by atoms with Crippen molar-refractivity contribution in [2.24, 2.45) is 28.8 Å². The van der Waals surface area contributed by atoms with Gasteiger partial charge in [0.2, 0.25) is 0 Å². The number of benzene rings is 1. The number of oxime groups is 1. The topological polar surface area (TPSA) is 262 Å². The third-order valence-electron chi connectivity index (χ3n) is 18.7. The van der Waals surface area contributed by atoms with E-state index in [1.807, 2.05) is 77.8 Å². The number of aromatic nitrogens is 3. The highest BCUT2D eigenvalue weighted by molar-refractivity contribution is 7.91. The molecule has 3 N–H and O–H groups in total. The normalized spacial score (nSPS) is 40.2. The zero-order chi connectivity index (χ0) is 59.7. The number of sulfone groups is 1. The van der Waals surface area contributed by atoms with E-state index in [4.69, 9.17) is 42.6 Å². The number of esters is 1. The number of hydrogen-bond donors (Lipinski definition) is 3. The van der Waals surface area contributed by atoms with Gasteiger partial charge >= 0.3 is 12.1 Å². The molecule has 21 atom stereocenters. The highest BCUT2D eigenvalue weighted by atomic mass is 32.2. The van der Waals surface area contributed by atoms with Crippen molar-refractivity contribution in [1.82, 2.24) is 24.8 Å². The number of carbonyl (C=O) groups excluding carboxylic acids is 2. The number of aliphatic hydroxyl groups is 2. The molecule has 2 aromatic rings. The Balaban J connectivity index is 1.16. The minimum absolute atomic E-state index is 0.0837. The number of nitrogens with zero attached hydrogens (tertiary/aromatic N) is 6. The van der Waals surface area contributed by atoms with Crippen LogP contribution in [0.15, 0.2) is 35.6 Å². The highest BCUT2D eigenvalue weighted by Crippen LogP contribution is 2.45. The Morgan fingerprint density at radius 2 is 1.64 bits per heavy atom. The van der Waals surface area contributed by atoms with Gasteiger partial charge in [-0.1, -0.05) is 62.3 Å². The summed E-state index contributed by atoms with van der Waals surface area (Å²) in [5.74, 6) is -3.48. The summed E-state index contributed by atoms with van der Waals surface area (Å²) in [5.41, 5.74) is -1.25. The van der Waals surface area contributed by atoms with Crippen LogP contribution in [0.4, 0.5) is 9.18 Å². The van der Waals surface area contributed by atoms with E-state index in [0.29, 0.717) is 42.8 Å². The van der Waals surface area contributed by atoms with Crippen LogP contribution in [0.25, 0.3) is 0 Å². The summed E-state index contributed by atoms with van der Waals surface area (Å²) in [5, 5.41) is 47.2. The van der Waals surface area contributed by atoms with Crippen molar-refractivity contribution < 1.29 is 80.4 Å². The maximum atomic E-state index is 15.0. The second kappa shape index (κ2) is 26.1. The Hall–Kier alpha value is -3.95. The van der Waals surface area contributed by atoms with Gasteiger partial charge in [-0.2, -0.15) is 0 Å². The largest absolute Gasteiger partial charge is 0.458 e. The molecule has 5 fully saturated rings. The molecular weight excluding hydrogens is 1080 g/mol. The van der Waals surface area contributed by atoms with Crippen molar-refractivity contribution in [3.63, 3.8) is 0 Å². The van der Waals surface area contributed by atoms with Crippen LogP contribution in [0.5, 0.6) is 0 Å². The first-order chi connectivity index (χ1) is 38.1. The number of hydrogen-bond acceptors (Lipinski definition) is 20. The van der Waals surface area contributed by atoms with Gasteiger partial charge in [0.1, 0.15) is 37.1 Å². The van der Waals surface area contributed by atoms with Crippen molar-refractivity contribution in [2.75, 3.05) is 60.1 Å². The molecule has 5 saturated heterocycles. The van der Waals surface area contributed by atoms with Gasteiger partial charge in [-0.3, -0.25) is 4.79 Å². The average Bonchev–Trinajstić information content (AvgIpc) is 4.28. The van der Waals surface area contributed by atoms with Gasteiger partial charge in [0.05, 0.1) is 70.5 Å². The maximum absolute atomic E-state index is 15.0. The molecule has 1 amide bonds. The zero-order valence-electron chi connectivity index (χ0n) is 50.0. The lowest BCUT2D eigenvalue weighted by Crippen LogP contribution is -2.62. The lowest BCUT2D eigenvalue weighted by molar-refractivity contribution is -0.319. The van der Waals surface area contributed by atoms with E-state index >= 15 is 0 Å². The third kappa shape index (κ3) is 13.5. The Bertz CT molecular complexity index is 2580. The van der Waals surface area contributed by atoms with Crippen molar-refractivity contribution in [3.8, 4) is 0 Å². The SMILES string of the molecule is CC[C@H]1OC(=O)[C@H](C)C(O[C@H]2C[C@@](C)(OC)[C@@H](O)[C@H](C)O2)[C@H](C)C(O[C@@H]2O[C@H](C)C[C@H](N(C)CCc3cn([C@H](CF)[C@H](OC)c4ccc(C5CCS(=O)(=O)C5)cc4)nn3)[C@H]2O)[C@](C)(OC)C[C@@H](C)/C(=N\O)[C@H](C)[C@H]2N(C)C(=O)O[C@]12C. The van der Waals surface area contributed by atoms with E-state index in [0.717, 1.165) is 5.56 Å². The molecule has 5 aliphatic rings. The third-order valence-corrected chi connectivity index (χ3v) is 20.4. The summed E-state index contributed by atoms with van der Waals surface area (Å²) < 4.78 is 98.4. The molecule has 0 bridgehead atoms. The molecule has 3 unspecified atom stereocenters. The quantitative estimate of drug-likeness (QED) is 0.0960. The summed E-state index contributed by atoms with van der Waals surface area (Å²) in [7, 11) is 4.96. The van der Waals surface area contributed by atoms with Crippen molar-refractivity contribution in [3.05, 3.63) is 47.3 Å². The van der Waals surface area contributed by atoms with Crippen LogP contribution < -0.4 is 0 Å². The molecule has 22 nitrogen and oxygen atoms in total. The van der Waals surface area contributed by atoms with E-state index in [1.54, 1.807) is 40.9 Å². The first kappa shape index (κ1) is 64.6. The summed E-state index contributed by atoms with van der Waals surface area (Å²) in [6.07, 6.45) is -6.54. The van der Waals surface area contributed by atoms with Crippen LogP contribution in [0, 0.1) is 23.7 Å². The minimum atomic E-state index is -3.07. The second-order valence-electron chi connectivity index (χ2n) is 24.3. The van der Waals surface area contributed by atoms with Crippen LogP contribution >= 0.6 is 0 Å². The smallest absolute Gasteiger partial charge is 0.410 e. The molecule has 0 spiro atoms. The number of amides is 1. The van der Waals surface area contributed by atoms with Gasteiger partial charge in [-0.05, 0) is 91.3 Å². The van der Waals surface area contributed by atoms with E-state index in [9.17, 15) is 37.8 Å². The monoisotopic (exact) mass is 1170 g/mol. The van der Waals surface area contributed by atoms with Gasteiger partial charge in [-0.15, -0.1) is 5.10 Å². The molecule has 1 aromatic heterocycles. The predicted molar refractivity (Wildman–Crippen MR) is 295 cm³/mol. The van der Waals surface area contributed by atoms with E-state index in [1.165, 1.54) is 30.9 Å². The molecule has 81 heavy (non-hydrogen) atoms. The fourth-order valence-electron chi connectivity index (χ4n) is 13.8. The number of likely N-dealkylation sites (N-methyl/N-ethyl adjacent to an activating group) is 2. The average molecular weight is 1170 g/mol. The molecule has 5 aliphatic heterocycles. The molecule has 7 rings (SSSR count). The molecule has 24 heteroatoms. The molecule has 458 valence electrons. The fraction of sp³-hybridized carbons (Fsp3) is 0.807. The minimum Gasteiger partial charge on any atom is -0.458 e. The van der Waals surface area contributed by atoms with Crippen LogP contribution in [-0.4, -0.2) is 211 Å². The Morgan fingerprint density at radius 1 is 0.963 bits per heavy atom. The molecule has 1 aromatic carbocycles. The lowest BCUT2D eigenvalue weighted by Gasteiger charge is -2.50. The van der Waals surface area contributed by atoms with E-state index < -0.39 is 149 Å². The number of cyclic esters (lactones) is 1. The van der Waals surface area contributed by atoms with Gasteiger partial charge in [-0.25, -0.2) is 22.3 Å².